The highest BCUT2D eigenvalue weighted by Crippen LogP contribution is 2.23. The maximum atomic E-state index is 5.81. The number of hydrogen-bond donors (Lipinski definition) is 2. The van der Waals surface area contributed by atoms with E-state index in [1.54, 1.807) is 6.26 Å². The molecule has 1 unspecified atom stereocenters. The second-order valence-corrected chi connectivity index (χ2v) is 3.82. The molecular weight excluding hydrogens is 216 g/mol. The fraction of sp³-hybridized carbons (Fsp3) is 0.333. The van der Waals surface area contributed by atoms with Gasteiger partial charge in [0.25, 0.3) is 0 Å². The summed E-state index contributed by atoms with van der Waals surface area (Å²) < 4.78 is 5.33. The molecule has 0 aliphatic heterocycles. The van der Waals surface area contributed by atoms with Crippen molar-refractivity contribution in [3.63, 3.8) is 0 Å². The van der Waals surface area contributed by atoms with Gasteiger partial charge in [0.15, 0.2) is 0 Å². The Balaban J connectivity index is 2.21. The summed E-state index contributed by atoms with van der Waals surface area (Å²) in [5, 5.41) is 3.28. The number of nitrogens with zero attached hydrogens (tertiary/aromatic N) is 2. The van der Waals surface area contributed by atoms with Crippen molar-refractivity contribution in [2.75, 3.05) is 11.1 Å². The van der Waals surface area contributed by atoms with E-state index in [9.17, 15) is 0 Å². The van der Waals surface area contributed by atoms with Crippen LogP contribution < -0.4 is 11.1 Å². The van der Waals surface area contributed by atoms with Gasteiger partial charge in [-0.3, -0.25) is 0 Å². The van der Waals surface area contributed by atoms with Crippen molar-refractivity contribution in [2.24, 2.45) is 0 Å². The van der Waals surface area contributed by atoms with Crippen LogP contribution in [0.3, 0.4) is 0 Å². The standard InChI is InChI=1S/C12H16N4O/c1-3-9-11(13)14-7-15-12(9)16-8(2)10-5-4-6-17-10/h4-8H,3H2,1-2H3,(H3,13,14,15,16). The Hall–Kier alpha value is -2.04. The largest absolute Gasteiger partial charge is 0.467 e. The van der Waals surface area contributed by atoms with Gasteiger partial charge in [0.05, 0.1) is 12.3 Å². The summed E-state index contributed by atoms with van der Waals surface area (Å²) in [6.45, 7) is 4.04. The Bertz CT molecular complexity index is 481. The second-order valence-electron chi connectivity index (χ2n) is 3.82. The van der Waals surface area contributed by atoms with Gasteiger partial charge in [0.2, 0.25) is 0 Å². The molecule has 0 fully saturated rings. The van der Waals surface area contributed by atoms with Gasteiger partial charge in [0, 0.05) is 5.56 Å². The first-order valence-electron chi connectivity index (χ1n) is 5.61. The third kappa shape index (κ3) is 2.38. The maximum absolute atomic E-state index is 5.81. The minimum Gasteiger partial charge on any atom is -0.467 e. The number of aromatic nitrogens is 2. The summed E-state index contributed by atoms with van der Waals surface area (Å²) in [5.74, 6) is 2.16. The van der Waals surface area contributed by atoms with Crippen molar-refractivity contribution in [3.8, 4) is 0 Å². The summed E-state index contributed by atoms with van der Waals surface area (Å²) in [4.78, 5) is 8.20. The van der Waals surface area contributed by atoms with Crippen LogP contribution in [-0.4, -0.2) is 9.97 Å². The van der Waals surface area contributed by atoms with Crippen LogP contribution in [0.25, 0.3) is 0 Å². The lowest BCUT2D eigenvalue weighted by atomic mass is 10.2. The summed E-state index contributed by atoms with van der Waals surface area (Å²) in [7, 11) is 0. The summed E-state index contributed by atoms with van der Waals surface area (Å²) in [5.41, 5.74) is 6.75. The number of rotatable bonds is 4. The Morgan fingerprint density at radius 3 is 2.94 bits per heavy atom. The SMILES string of the molecule is CCc1c(N)ncnc1NC(C)c1ccco1. The zero-order chi connectivity index (χ0) is 12.3. The first kappa shape index (κ1) is 11.4. The van der Waals surface area contributed by atoms with Crippen LogP contribution in [0, 0.1) is 0 Å². The van der Waals surface area contributed by atoms with Crippen LogP contribution in [0.1, 0.15) is 31.2 Å². The number of hydrogen-bond acceptors (Lipinski definition) is 5. The highest BCUT2D eigenvalue weighted by atomic mass is 16.3. The number of nitrogens with one attached hydrogen (secondary N) is 1. The van der Waals surface area contributed by atoms with E-state index in [0.717, 1.165) is 23.6 Å². The lowest BCUT2D eigenvalue weighted by molar-refractivity contribution is 0.490. The van der Waals surface area contributed by atoms with Gasteiger partial charge >= 0.3 is 0 Å². The van der Waals surface area contributed by atoms with Crippen molar-refractivity contribution in [3.05, 3.63) is 36.0 Å². The summed E-state index contributed by atoms with van der Waals surface area (Å²) in [6.07, 6.45) is 3.91. The normalized spacial score (nSPS) is 12.4. The van der Waals surface area contributed by atoms with Crippen molar-refractivity contribution in [1.29, 1.82) is 0 Å². The van der Waals surface area contributed by atoms with Crippen molar-refractivity contribution >= 4 is 11.6 Å². The van der Waals surface area contributed by atoms with Crippen LogP contribution in [-0.2, 0) is 6.42 Å². The smallest absolute Gasteiger partial charge is 0.135 e. The van der Waals surface area contributed by atoms with Gasteiger partial charge in [-0.2, -0.15) is 0 Å². The van der Waals surface area contributed by atoms with Crippen LogP contribution in [0.15, 0.2) is 29.1 Å². The number of nitrogens with two attached hydrogens (primary N) is 1. The fourth-order valence-corrected chi connectivity index (χ4v) is 1.71. The molecule has 0 aromatic carbocycles. The topological polar surface area (TPSA) is 77.0 Å². The predicted molar refractivity (Wildman–Crippen MR) is 66.6 cm³/mol. The van der Waals surface area contributed by atoms with E-state index in [0.29, 0.717) is 5.82 Å². The highest BCUT2D eigenvalue weighted by molar-refractivity contribution is 5.55. The van der Waals surface area contributed by atoms with Gasteiger partial charge < -0.3 is 15.5 Å². The summed E-state index contributed by atoms with van der Waals surface area (Å²) >= 11 is 0. The molecule has 0 spiro atoms. The zero-order valence-corrected chi connectivity index (χ0v) is 9.97. The molecule has 17 heavy (non-hydrogen) atoms. The molecule has 2 aromatic rings. The first-order chi connectivity index (χ1) is 8.22. The Labute approximate surface area is 100 Å². The molecular formula is C12H16N4O. The molecule has 2 aromatic heterocycles. The van der Waals surface area contributed by atoms with Gasteiger partial charge in [-0.25, -0.2) is 9.97 Å². The maximum Gasteiger partial charge on any atom is 0.135 e. The fourth-order valence-electron chi connectivity index (χ4n) is 1.71. The number of nitrogen functional groups attached to an aromatic ring is 1. The first-order valence-corrected chi connectivity index (χ1v) is 5.61. The lowest BCUT2D eigenvalue weighted by Crippen LogP contribution is -2.11. The van der Waals surface area contributed by atoms with E-state index in [2.05, 4.69) is 15.3 Å². The van der Waals surface area contributed by atoms with E-state index in [1.165, 1.54) is 6.33 Å². The second kappa shape index (κ2) is 4.86. The molecule has 1 atom stereocenters. The Kier molecular flexibility index (Phi) is 3.27. The Morgan fingerprint density at radius 2 is 2.29 bits per heavy atom. The van der Waals surface area contributed by atoms with E-state index in [-0.39, 0.29) is 6.04 Å². The van der Waals surface area contributed by atoms with E-state index < -0.39 is 0 Å². The third-order valence-corrected chi connectivity index (χ3v) is 2.66. The molecule has 5 nitrogen and oxygen atoms in total. The number of furan rings is 1. The summed E-state index contributed by atoms with van der Waals surface area (Å²) in [6, 6.07) is 3.83. The average molecular weight is 232 g/mol. The molecule has 0 saturated carbocycles. The molecule has 0 radical (unpaired) electrons. The van der Waals surface area contributed by atoms with Crippen LogP contribution >= 0.6 is 0 Å². The van der Waals surface area contributed by atoms with Gasteiger partial charge in [-0.05, 0) is 25.5 Å². The van der Waals surface area contributed by atoms with Crippen LogP contribution in [0.4, 0.5) is 11.6 Å². The van der Waals surface area contributed by atoms with Crippen molar-refractivity contribution in [2.45, 2.75) is 26.3 Å². The molecule has 0 amide bonds. The molecule has 0 saturated heterocycles. The van der Waals surface area contributed by atoms with Crippen LogP contribution in [0.2, 0.25) is 0 Å². The minimum absolute atomic E-state index is 0.0459. The van der Waals surface area contributed by atoms with E-state index >= 15 is 0 Å². The van der Waals surface area contributed by atoms with Gasteiger partial charge in [-0.1, -0.05) is 6.92 Å². The average Bonchev–Trinajstić information content (AvgIpc) is 2.82. The monoisotopic (exact) mass is 232 g/mol. The molecule has 2 heterocycles. The molecule has 2 rings (SSSR count). The van der Waals surface area contributed by atoms with E-state index in [1.807, 2.05) is 26.0 Å². The molecule has 0 aliphatic carbocycles. The van der Waals surface area contributed by atoms with Crippen molar-refractivity contribution < 1.29 is 4.42 Å². The molecule has 0 bridgehead atoms. The molecule has 0 aliphatic rings. The van der Waals surface area contributed by atoms with Gasteiger partial charge in [0.1, 0.15) is 23.7 Å². The van der Waals surface area contributed by atoms with Crippen molar-refractivity contribution in [1.82, 2.24) is 9.97 Å². The lowest BCUT2D eigenvalue weighted by Gasteiger charge is -2.15. The predicted octanol–water partition coefficient (Wildman–Crippen LogP) is 2.39. The molecule has 3 N–H and O–H groups in total. The minimum atomic E-state index is 0.0459. The number of anilines is 2. The van der Waals surface area contributed by atoms with E-state index in [4.69, 9.17) is 10.2 Å². The quantitative estimate of drug-likeness (QED) is 0.846. The third-order valence-electron chi connectivity index (χ3n) is 2.66. The highest BCUT2D eigenvalue weighted by Gasteiger charge is 2.12. The molecule has 5 heteroatoms. The Morgan fingerprint density at radius 1 is 1.47 bits per heavy atom. The van der Waals surface area contributed by atoms with Crippen LogP contribution in [0.5, 0.6) is 0 Å². The van der Waals surface area contributed by atoms with Gasteiger partial charge in [-0.15, -0.1) is 0 Å². The zero-order valence-electron chi connectivity index (χ0n) is 9.97. The molecule has 90 valence electrons.